The van der Waals surface area contributed by atoms with E-state index >= 15 is 0 Å². The molecule has 4 heteroatoms. The molecule has 1 heterocycles. The molecule has 116 valence electrons. The molecule has 0 bridgehead atoms. The van der Waals surface area contributed by atoms with Crippen molar-refractivity contribution in [1.29, 1.82) is 0 Å². The molecular weight excluding hydrogens is 310 g/mol. The van der Waals surface area contributed by atoms with Gasteiger partial charge in [0.1, 0.15) is 0 Å². The molecule has 0 spiro atoms. The van der Waals surface area contributed by atoms with Crippen molar-refractivity contribution in [3.05, 3.63) is 70.4 Å². The average molecular weight is 326 g/mol. The van der Waals surface area contributed by atoms with Gasteiger partial charge in [0.05, 0.1) is 5.56 Å². The number of benzene rings is 2. The van der Waals surface area contributed by atoms with Crippen LogP contribution in [0.2, 0.25) is 5.02 Å². The standard InChI is InChI=1S/C19H16ClNO2/c20-15-3-2-13(17(11-15)19(22)23)9-12-1-6-18-14(10-12)7-8-21(18)16-4-5-16/h1-3,6-8,10-11,16H,4-5,9H2,(H,22,23). The van der Waals surface area contributed by atoms with Crippen LogP contribution in [-0.2, 0) is 6.42 Å². The van der Waals surface area contributed by atoms with Gasteiger partial charge in [-0.1, -0.05) is 23.7 Å². The van der Waals surface area contributed by atoms with Crippen LogP contribution in [0.3, 0.4) is 0 Å². The van der Waals surface area contributed by atoms with E-state index in [-0.39, 0.29) is 5.56 Å². The van der Waals surface area contributed by atoms with E-state index in [4.69, 9.17) is 11.6 Å². The zero-order chi connectivity index (χ0) is 16.0. The fraction of sp³-hybridized carbons (Fsp3) is 0.211. The van der Waals surface area contributed by atoms with Crippen LogP contribution in [0.4, 0.5) is 0 Å². The van der Waals surface area contributed by atoms with E-state index in [2.05, 4.69) is 35.0 Å². The van der Waals surface area contributed by atoms with Gasteiger partial charge >= 0.3 is 5.97 Å². The highest BCUT2D eigenvalue weighted by molar-refractivity contribution is 6.31. The molecule has 0 saturated heterocycles. The average Bonchev–Trinajstić information content (AvgIpc) is 3.29. The maximum absolute atomic E-state index is 11.4. The van der Waals surface area contributed by atoms with Gasteiger partial charge < -0.3 is 9.67 Å². The van der Waals surface area contributed by atoms with Crippen LogP contribution in [0, 0.1) is 0 Å². The lowest BCUT2D eigenvalue weighted by Crippen LogP contribution is -2.03. The molecule has 1 fully saturated rings. The second kappa shape index (κ2) is 5.43. The van der Waals surface area contributed by atoms with Gasteiger partial charge in [-0.15, -0.1) is 0 Å². The van der Waals surface area contributed by atoms with Gasteiger partial charge in [-0.3, -0.25) is 0 Å². The largest absolute Gasteiger partial charge is 0.478 e. The topological polar surface area (TPSA) is 42.2 Å². The molecule has 0 unspecified atom stereocenters. The van der Waals surface area contributed by atoms with Gasteiger partial charge in [0.15, 0.2) is 0 Å². The molecule has 1 aliphatic rings. The Morgan fingerprint density at radius 1 is 1.17 bits per heavy atom. The predicted octanol–water partition coefficient (Wildman–Crippen LogP) is 4.92. The summed E-state index contributed by atoms with van der Waals surface area (Å²) in [6, 6.07) is 14.2. The third kappa shape index (κ3) is 2.73. The highest BCUT2D eigenvalue weighted by Gasteiger charge is 2.24. The third-order valence-electron chi connectivity index (χ3n) is 4.42. The lowest BCUT2D eigenvalue weighted by molar-refractivity contribution is 0.0696. The van der Waals surface area contributed by atoms with Crippen molar-refractivity contribution in [3.63, 3.8) is 0 Å². The van der Waals surface area contributed by atoms with Crippen LogP contribution in [0.1, 0.15) is 40.4 Å². The fourth-order valence-electron chi connectivity index (χ4n) is 3.12. The minimum atomic E-state index is -0.941. The normalized spacial score (nSPS) is 14.3. The maximum Gasteiger partial charge on any atom is 0.336 e. The number of halogens is 1. The number of hydrogen-bond donors (Lipinski definition) is 1. The highest BCUT2D eigenvalue weighted by atomic mass is 35.5. The van der Waals surface area contributed by atoms with E-state index in [0.717, 1.165) is 11.1 Å². The molecule has 3 aromatic rings. The number of aromatic nitrogens is 1. The first-order chi connectivity index (χ1) is 11.1. The van der Waals surface area contributed by atoms with Gasteiger partial charge in [-0.2, -0.15) is 0 Å². The minimum Gasteiger partial charge on any atom is -0.478 e. The first kappa shape index (κ1) is 14.3. The summed E-state index contributed by atoms with van der Waals surface area (Å²) in [5.74, 6) is -0.941. The van der Waals surface area contributed by atoms with Crippen molar-refractivity contribution in [3.8, 4) is 0 Å². The predicted molar refractivity (Wildman–Crippen MR) is 91.4 cm³/mol. The van der Waals surface area contributed by atoms with Gasteiger partial charge in [0.2, 0.25) is 0 Å². The zero-order valence-electron chi connectivity index (χ0n) is 12.5. The van der Waals surface area contributed by atoms with E-state index in [0.29, 0.717) is 17.5 Å². The van der Waals surface area contributed by atoms with Crippen LogP contribution >= 0.6 is 11.6 Å². The van der Waals surface area contributed by atoms with Crippen molar-refractivity contribution in [1.82, 2.24) is 4.57 Å². The Bertz CT molecular complexity index is 909. The number of carbonyl (C=O) groups is 1. The second-order valence-electron chi connectivity index (χ2n) is 6.13. The van der Waals surface area contributed by atoms with Crippen LogP contribution < -0.4 is 0 Å². The molecule has 1 N–H and O–H groups in total. The Labute approximate surface area is 139 Å². The Morgan fingerprint density at radius 3 is 2.74 bits per heavy atom. The summed E-state index contributed by atoms with van der Waals surface area (Å²) in [6.45, 7) is 0. The molecule has 23 heavy (non-hydrogen) atoms. The number of fused-ring (bicyclic) bond motifs is 1. The van der Waals surface area contributed by atoms with Crippen LogP contribution in [0.25, 0.3) is 10.9 Å². The number of carboxylic acid groups (broad SMARTS) is 1. The molecule has 2 aromatic carbocycles. The molecule has 4 rings (SSSR count). The number of carboxylic acids is 1. The summed E-state index contributed by atoms with van der Waals surface area (Å²) in [6.07, 6.45) is 5.26. The van der Waals surface area contributed by atoms with Gasteiger partial charge in [-0.25, -0.2) is 4.79 Å². The molecule has 1 aliphatic carbocycles. The van der Waals surface area contributed by atoms with E-state index in [9.17, 15) is 9.90 Å². The molecule has 3 nitrogen and oxygen atoms in total. The Morgan fingerprint density at radius 2 is 2.00 bits per heavy atom. The SMILES string of the molecule is O=C(O)c1cc(Cl)ccc1Cc1ccc2c(ccn2C2CC2)c1. The lowest BCUT2D eigenvalue weighted by Gasteiger charge is -2.08. The molecular formula is C19H16ClNO2. The zero-order valence-corrected chi connectivity index (χ0v) is 13.3. The van der Waals surface area contributed by atoms with Crippen molar-refractivity contribution >= 4 is 28.5 Å². The van der Waals surface area contributed by atoms with Crippen molar-refractivity contribution in [2.75, 3.05) is 0 Å². The minimum absolute atomic E-state index is 0.271. The van der Waals surface area contributed by atoms with E-state index < -0.39 is 5.97 Å². The number of aromatic carboxylic acids is 1. The van der Waals surface area contributed by atoms with E-state index in [1.807, 2.05) is 0 Å². The molecule has 0 aliphatic heterocycles. The van der Waals surface area contributed by atoms with Gasteiger partial charge in [0.25, 0.3) is 0 Å². The third-order valence-corrected chi connectivity index (χ3v) is 4.66. The first-order valence-electron chi connectivity index (χ1n) is 7.73. The molecule has 0 atom stereocenters. The highest BCUT2D eigenvalue weighted by Crippen LogP contribution is 2.38. The Kier molecular flexibility index (Phi) is 3.38. The quantitative estimate of drug-likeness (QED) is 0.740. The smallest absolute Gasteiger partial charge is 0.336 e. The van der Waals surface area contributed by atoms with Crippen LogP contribution in [-0.4, -0.2) is 15.6 Å². The van der Waals surface area contributed by atoms with Crippen LogP contribution in [0.15, 0.2) is 48.7 Å². The number of rotatable bonds is 4. The monoisotopic (exact) mass is 325 g/mol. The molecule has 0 amide bonds. The maximum atomic E-state index is 11.4. The van der Waals surface area contributed by atoms with Crippen molar-refractivity contribution in [2.45, 2.75) is 25.3 Å². The van der Waals surface area contributed by atoms with Crippen molar-refractivity contribution in [2.24, 2.45) is 0 Å². The summed E-state index contributed by atoms with van der Waals surface area (Å²) in [5.41, 5.74) is 3.41. The first-order valence-corrected chi connectivity index (χ1v) is 8.11. The van der Waals surface area contributed by atoms with Crippen molar-refractivity contribution < 1.29 is 9.90 Å². The van der Waals surface area contributed by atoms with Crippen LogP contribution in [0.5, 0.6) is 0 Å². The van der Waals surface area contributed by atoms with Gasteiger partial charge in [0, 0.05) is 22.8 Å². The van der Waals surface area contributed by atoms with Gasteiger partial charge in [-0.05, 0) is 66.1 Å². The summed E-state index contributed by atoms with van der Waals surface area (Å²) in [4.78, 5) is 11.4. The summed E-state index contributed by atoms with van der Waals surface area (Å²) in [7, 11) is 0. The number of nitrogens with zero attached hydrogens (tertiary/aromatic N) is 1. The lowest BCUT2D eigenvalue weighted by atomic mass is 9.99. The molecule has 1 saturated carbocycles. The Hall–Kier alpha value is -2.26. The summed E-state index contributed by atoms with van der Waals surface area (Å²) in [5, 5.41) is 11.0. The summed E-state index contributed by atoms with van der Waals surface area (Å²) >= 11 is 5.91. The Balaban J connectivity index is 1.69. The number of hydrogen-bond acceptors (Lipinski definition) is 1. The summed E-state index contributed by atoms with van der Waals surface area (Å²) < 4.78 is 2.34. The second-order valence-corrected chi connectivity index (χ2v) is 6.57. The van der Waals surface area contributed by atoms with E-state index in [1.165, 1.54) is 29.8 Å². The fourth-order valence-corrected chi connectivity index (χ4v) is 3.29. The molecule has 0 radical (unpaired) electrons. The van der Waals surface area contributed by atoms with E-state index in [1.54, 1.807) is 12.1 Å². The molecule has 1 aromatic heterocycles.